The third kappa shape index (κ3) is 4.76. The number of anilines is 1. The second-order valence-corrected chi connectivity index (χ2v) is 10.9. The number of benzene rings is 3. The largest absolute Gasteiger partial charge is 0.354 e. The average Bonchev–Trinajstić information content (AvgIpc) is 2.79. The lowest BCUT2D eigenvalue weighted by Crippen LogP contribution is -2.43. The zero-order chi connectivity index (χ0) is 22.7. The molecule has 0 aromatic heterocycles. The van der Waals surface area contributed by atoms with E-state index in [0.717, 1.165) is 16.9 Å². The Morgan fingerprint density at radius 1 is 0.938 bits per heavy atom. The molecule has 9 heteroatoms. The molecule has 1 amide bonds. The number of sulfonamides is 1. The Labute approximate surface area is 201 Å². The molecule has 5 nitrogen and oxygen atoms in total. The molecule has 0 saturated heterocycles. The van der Waals surface area contributed by atoms with E-state index in [-0.39, 0.29) is 17.3 Å². The summed E-state index contributed by atoms with van der Waals surface area (Å²) in [6, 6.07) is 19.6. The summed E-state index contributed by atoms with van der Waals surface area (Å²) in [4.78, 5) is 12.8. The third-order valence-corrected chi connectivity index (χ3v) is 8.61. The van der Waals surface area contributed by atoms with Crippen molar-refractivity contribution < 1.29 is 13.2 Å². The van der Waals surface area contributed by atoms with E-state index >= 15 is 0 Å². The highest BCUT2D eigenvalue weighted by molar-refractivity contribution is 7.98. The highest BCUT2D eigenvalue weighted by Crippen LogP contribution is 2.42. The molecule has 1 aliphatic heterocycles. The lowest BCUT2D eigenvalue weighted by atomic mass is 10.0. The quantitative estimate of drug-likeness (QED) is 0.446. The van der Waals surface area contributed by atoms with E-state index in [1.807, 2.05) is 30.3 Å². The lowest BCUT2D eigenvalue weighted by molar-refractivity contribution is -0.119. The van der Waals surface area contributed by atoms with Gasteiger partial charge in [-0.25, -0.2) is 8.42 Å². The maximum Gasteiger partial charge on any atom is 0.265 e. The van der Waals surface area contributed by atoms with Crippen molar-refractivity contribution >= 4 is 56.6 Å². The van der Waals surface area contributed by atoms with Gasteiger partial charge in [0, 0.05) is 29.2 Å². The van der Waals surface area contributed by atoms with Crippen molar-refractivity contribution in [3.05, 3.63) is 82.3 Å². The first-order valence-corrected chi connectivity index (χ1v) is 13.2. The van der Waals surface area contributed by atoms with Crippen LogP contribution in [0.25, 0.3) is 11.1 Å². The van der Waals surface area contributed by atoms with E-state index in [1.165, 1.54) is 4.31 Å². The molecule has 4 rings (SSSR count). The third-order valence-electron chi connectivity index (χ3n) is 5.03. The Bertz CT molecular complexity index is 1270. The van der Waals surface area contributed by atoms with Crippen LogP contribution in [-0.2, 0) is 20.6 Å². The average molecular weight is 507 g/mol. The molecule has 166 valence electrons. The number of hydrogen-bond acceptors (Lipinski definition) is 4. The summed E-state index contributed by atoms with van der Waals surface area (Å²) in [7, 11) is -3.83. The Kier molecular flexibility index (Phi) is 7.00. The van der Waals surface area contributed by atoms with E-state index in [9.17, 15) is 13.2 Å². The monoisotopic (exact) mass is 506 g/mol. The Morgan fingerprint density at radius 3 is 2.44 bits per heavy atom. The summed E-state index contributed by atoms with van der Waals surface area (Å²) < 4.78 is 27.6. The van der Waals surface area contributed by atoms with Gasteiger partial charge in [0.25, 0.3) is 10.0 Å². The van der Waals surface area contributed by atoms with Gasteiger partial charge in [-0.1, -0.05) is 65.7 Å². The van der Waals surface area contributed by atoms with Gasteiger partial charge in [-0.3, -0.25) is 9.10 Å². The molecule has 1 N–H and O–H groups in total. The molecule has 1 heterocycles. The lowest BCUT2D eigenvalue weighted by Gasteiger charge is -2.31. The van der Waals surface area contributed by atoms with Crippen molar-refractivity contribution in [2.75, 3.05) is 23.1 Å². The van der Waals surface area contributed by atoms with Gasteiger partial charge in [0.2, 0.25) is 5.91 Å². The summed E-state index contributed by atoms with van der Waals surface area (Å²) in [5, 5.41) is 3.85. The normalized spacial score (nSPS) is 13.9. The first kappa shape index (κ1) is 23.0. The number of para-hydroxylation sites is 1. The number of rotatable bonds is 7. The van der Waals surface area contributed by atoms with Gasteiger partial charge < -0.3 is 5.32 Å². The van der Waals surface area contributed by atoms with E-state index in [2.05, 4.69) is 5.32 Å². The van der Waals surface area contributed by atoms with Gasteiger partial charge in [-0.05, 0) is 29.8 Å². The van der Waals surface area contributed by atoms with Crippen LogP contribution < -0.4 is 9.62 Å². The minimum atomic E-state index is -3.83. The van der Waals surface area contributed by atoms with Crippen LogP contribution in [0.4, 0.5) is 5.69 Å². The number of carbonyl (C=O) groups is 1. The highest BCUT2D eigenvalue weighted by Gasteiger charge is 2.35. The van der Waals surface area contributed by atoms with E-state index in [0.29, 0.717) is 33.6 Å². The first-order valence-electron chi connectivity index (χ1n) is 9.87. The smallest absolute Gasteiger partial charge is 0.265 e. The SMILES string of the molecule is O=C(CN1c2ccccc2-c2ccccc2S1(=O)=O)NCCSCc1ccc(Cl)c(Cl)c1. The number of thioether (sulfide) groups is 1. The fourth-order valence-electron chi connectivity index (χ4n) is 3.52. The molecule has 3 aromatic carbocycles. The molecule has 1 aliphatic rings. The fourth-order valence-corrected chi connectivity index (χ4v) is 6.30. The molecular formula is C23H20Cl2N2O3S2. The number of fused-ring (bicyclic) bond motifs is 3. The van der Waals surface area contributed by atoms with Crippen molar-refractivity contribution in [1.82, 2.24) is 5.32 Å². The number of hydrogen-bond donors (Lipinski definition) is 1. The molecule has 0 radical (unpaired) electrons. The van der Waals surface area contributed by atoms with Gasteiger partial charge in [-0.2, -0.15) is 11.8 Å². The molecule has 0 aliphatic carbocycles. The number of carbonyl (C=O) groups excluding carboxylic acids is 1. The minimum Gasteiger partial charge on any atom is -0.354 e. The highest BCUT2D eigenvalue weighted by atomic mass is 35.5. The summed E-state index contributed by atoms with van der Waals surface area (Å²) in [5.41, 5.74) is 3.00. The second kappa shape index (κ2) is 9.75. The van der Waals surface area contributed by atoms with Crippen molar-refractivity contribution in [3.63, 3.8) is 0 Å². The van der Waals surface area contributed by atoms with Gasteiger partial charge in [0.15, 0.2) is 0 Å². The van der Waals surface area contributed by atoms with Gasteiger partial charge in [0.05, 0.1) is 20.6 Å². The number of amides is 1. The Hall–Kier alpha value is -2.19. The molecule has 0 atom stereocenters. The predicted molar refractivity (Wildman–Crippen MR) is 132 cm³/mol. The first-order chi connectivity index (χ1) is 15.4. The van der Waals surface area contributed by atoms with E-state index < -0.39 is 10.0 Å². The van der Waals surface area contributed by atoms with Crippen LogP contribution in [-0.4, -0.2) is 33.2 Å². The predicted octanol–water partition coefficient (Wildman–Crippen LogP) is 5.22. The maximum atomic E-state index is 13.2. The van der Waals surface area contributed by atoms with Crippen LogP contribution in [0.3, 0.4) is 0 Å². The van der Waals surface area contributed by atoms with Crippen molar-refractivity contribution in [1.29, 1.82) is 0 Å². The summed E-state index contributed by atoms with van der Waals surface area (Å²) in [5.74, 6) is 1.06. The van der Waals surface area contributed by atoms with Gasteiger partial charge >= 0.3 is 0 Å². The van der Waals surface area contributed by atoms with Crippen LogP contribution in [0.1, 0.15) is 5.56 Å². The van der Waals surface area contributed by atoms with Crippen LogP contribution in [0.2, 0.25) is 10.0 Å². The van der Waals surface area contributed by atoms with Crippen molar-refractivity contribution in [2.24, 2.45) is 0 Å². The van der Waals surface area contributed by atoms with Gasteiger partial charge in [0.1, 0.15) is 6.54 Å². The fraction of sp³-hybridized carbons (Fsp3) is 0.174. The number of nitrogens with zero attached hydrogens (tertiary/aromatic N) is 1. The molecule has 0 bridgehead atoms. The number of halogens is 2. The molecule has 0 unspecified atom stereocenters. The van der Waals surface area contributed by atoms with E-state index in [4.69, 9.17) is 23.2 Å². The van der Waals surface area contributed by atoms with E-state index in [1.54, 1.807) is 48.2 Å². The zero-order valence-corrected chi connectivity index (χ0v) is 20.1. The standard InChI is InChI=1S/C23H20Cl2N2O3S2/c24-19-10-9-16(13-20(19)25)15-31-12-11-26-23(28)14-27-21-7-3-1-5-17(21)18-6-2-4-8-22(18)32(27,29)30/h1-10,13H,11-12,14-15H2,(H,26,28). The molecule has 0 spiro atoms. The van der Waals surface area contributed by atoms with Gasteiger partial charge in [-0.15, -0.1) is 0 Å². The molecule has 0 fully saturated rings. The zero-order valence-electron chi connectivity index (χ0n) is 16.9. The van der Waals surface area contributed by atoms with Crippen LogP contribution in [0.5, 0.6) is 0 Å². The minimum absolute atomic E-state index is 0.212. The molecule has 32 heavy (non-hydrogen) atoms. The summed E-state index contributed by atoms with van der Waals surface area (Å²) in [6.07, 6.45) is 0. The van der Waals surface area contributed by atoms with Crippen molar-refractivity contribution in [3.8, 4) is 11.1 Å². The Morgan fingerprint density at radius 2 is 1.66 bits per heavy atom. The van der Waals surface area contributed by atoms with Crippen LogP contribution >= 0.6 is 35.0 Å². The number of nitrogens with one attached hydrogen (secondary N) is 1. The van der Waals surface area contributed by atoms with Crippen LogP contribution in [0.15, 0.2) is 71.6 Å². The van der Waals surface area contributed by atoms with Crippen molar-refractivity contribution in [2.45, 2.75) is 10.6 Å². The maximum absolute atomic E-state index is 13.2. The molecular weight excluding hydrogens is 487 g/mol. The summed E-state index contributed by atoms with van der Waals surface area (Å²) in [6.45, 7) is 0.155. The second-order valence-electron chi connectivity index (χ2n) is 7.18. The molecule has 0 saturated carbocycles. The topological polar surface area (TPSA) is 66.5 Å². The summed E-state index contributed by atoms with van der Waals surface area (Å²) >= 11 is 13.6. The Balaban J connectivity index is 1.37. The molecule has 3 aromatic rings. The van der Waals surface area contributed by atoms with Crippen LogP contribution in [0, 0.1) is 0 Å².